The standard InChI is InChI=1S/C18H21N3O2S2/c1-12(15-7-5-4-6-8-15)11-19-25(22,23)18-10-17(24-14(18)3)16-9-13(2)20-21-16/h4-10,12,19H,11H2,1-3H3,(H,20,21). The third kappa shape index (κ3) is 4.00. The van der Waals surface area contributed by atoms with Gasteiger partial charge in [-0.15, -0.1) is 11.3 Å². The average molecular weight is 376 g/mol. The van der Waals surface area contributed by atoms with Gasteiger partial charge in [0.2, 0.25) is 10.0 Å². The molecular formula is C18H21N3O2S2. The molecule has 0 amide bonds. The molecule has 1 atom stereocenters. The van der Waals surface area contributed by atoms with Crippen LogP contribution in [0, 0.1) is 13.8 Å². The molecule has 0 aliphatic heterocycles. The minimum atomic E-state index is -3.55. The minimum Gasteiger partial charge on any atom is -0.282 e. The Kier molecular flexibility index (Phi) is 5.08. The number of thiophene rings is 1. The van der Waals surface area contributed by atoms with E-state index in [2.05, 4.69) is 14.9 Å². The maximum atomic E-state index is 12.7. The van der Waals surface area contributed by atoms with Gasteiger partial charge in [0, 0.05) is 17.1 Å². The molecule has 7 heteroatoms. The van der Waals surface area contributed by atoms with E-state index in [1.807, 2.05) is 57.2 Å². The van der Waals surface area contributed by atoms with Gasteiger partial charge in [0.1, 0.15) is 5.69 Å². The molecule has 2 aromatic heterocycles. The summed E-state index contributed by atoms with van der Waals surface area (Å²) in [5.74, 6) is 0.100. The van der Waals surface area contributed by atoms with Crippen molar-refractivity contribution in [2.45, 2.75) is 31.6 Å². The second-order valence-corrected chi connectivity index (χ2v) is 9.12. The van der Waals surface area contributed by atoms with Crippen LogP contribution in [0.1, 0.15) is 29.0 Å². The lowest BCUT2D eigenvalue weighted by Gasteiger charge is -2.13. The van der Waals surface area contributed by atoms with Crippen molar-refractivity contribution in [1.29, 1.82) is 0 Å². The Balaban J connectivity index is 1.77. The normalized spacial score (nSPS) is 13.1. The highest BCUT2D eigenvalue weighted by Gasteiger charge is 2.22. The van der Waals surface area contributed by atoms with E-state index in [0.29, 0.717) is 11.4 Å². The van der Waals surface area contributed by atoms with Crippen LogP contribution in [0.5, 0.6) is 0 Å². The van der Waals surface area contributed by atoms with Crippen molar-refractivity contribution in [3.05, 3.63) is 58.6 Å². The van der Waals surface area contributed by atoms with Crippen LogP contribution in [0.15, 0.2) is 47.4 Å². The zero-order chi connectivity index (χ0) is 18.0. The van der Waals surface area contributed by atoms with Crippen LogP contribution in [0.2, 0.25) is 0 Å². The van der Waals surface area contributed by atoms with Crippen molar-refractivity contribution in [3.63, 3.8) is 0 Å². The predicted octanol–water partition coefficient (Wildman–Crippen LogP) is 3.84. The first-order valence-electron chi connectivity index (χ1n) is 8.04. The molecule has 0 aliphatic rings. The van der Waals surface area contributed by atoms with Crippen molar-refractivity contribution in [3.8, 4) is 10.6 Å². The van der Waals surface area contributed by atoms with Gasteiger partial charge in [-0.25, -0.2) is 13.1 Å². The largest absolute Gasteiger partial charge is 0.282 e. The first kappa shape index (κ1) is 17.8. The number of hydrogen-bond donors (Lipinski definition) is 2. The molecule has 132 valence electrons. The van der Waals surface area contributed by atoms with Crippen LogP contribution < -0.4 is 4.72 Å². The highest BCUT2D eigenvalue weighted by atomic mass is 32.2. The van der Waals surface area contributed by atoms with E-state index in [-0.39, 0.29) is 5.92 Å². The second kappa shape index (κ2) is 7.11. The number of nitrogens with zero attached hydrogens (tertiary/aromatic N) is 1. The summed E-state index contributed by atoms with van der Waals surface area (Å²) in [4.78, 5) is 1.93. The van der Waals surface area contributed by atoms with Gasteiger partial charge in [0.25, 0.3) is 0 Å². The lowest BCUT2D eigenvalue weighted by atomic mass is 10.0. The number of aryl methyl sites for hydroxylation is 2. The van der Waals surface area contributed by atoms with Crippen molar-refractivity contribution in [1.82, 2.24) is 14.9 Å². The molecule has 0 aliphatic carbocycles. The maximum absolute atomic E-state index is 12.7. The van der Waals surface area contributed by atoms with Crippen LogP contribution in [0.25, 0.3) is 10.6 Å². The third-order valence-electron chi connectivity index (χ3n) is 4.07. The molecule has 2 heterocycles. The summed E-state index contributed by atoms with van der Waals surface area (Å²) >= 11 is 1.44. The molecule has 0 saturated heterocycles. The van der Waals surface area contributed by atoms with Gasteiger partial charge < -0.3 is 0 Å². The monoisotopic (exact) mass is 375 g/mol. The zero-order valence-electron chi connectivity index (χ0n) is 14.4. The number of aromatic amines is 1. The van der Waals surface area contributed by atoms with Gasteiger partial charge in [-0.3, -0.25) is 5.10 Å². The van der Waals surface area contributed by atoms with E-state index in [1.165, 1.54) is 11.3 Å². The first-order chi connectivity index (χ1) is 11.9. The van der Waals surface area contributed by atoms with E-state index in [4.69, 9.17) is 0 Å². The molecule has 0 spiro atoms. The fourth-order valence-electron chi connectivity index (χ4n) is 2.61. The number of benzene rings is 1. The molecule has 0 fully saturated rings. The summed E-state index contributed by atoms with van der Waals surface area (Å²) in [6.07, 6.45) is 0. The Morgan fingerprint density at radius 1 is 1.20 bits per heavy atom. The zero-order valence-corrected chi connectivity index (χ0v) is 16.0. The Morgan fingerprint density at radius 3 is 2.56 bits per heavy atom. The van der Waals surface area contributed by atoms with Crippen molar-refractivity contribution >= 4 is 21.4 Å². The Labute approximate surface area is 152 Å². The number of nitrogens with one attached hydrogen (secondary N) is 2. The molecule has 25 heavy (non-hydrogen) atoms. The van der Waals surface area contributed by atoms with E-state index in [1.54, 1.807) is 6.07 Å². The number of aromatic nitrogens is 2. The number of sulfonamides is 1. The molecule has 5 nitrogen and oxygen atoms in total. The molecule has 1 aromatic carbocycles. The highest BCUT2D eigenvalue weighted by Crippen LogP contribution is 2.32. The fraction of sp³-hybridized carbons (Fsp3) is 0.278. The first-order valence-corrected chi connectivity index (χ1v) is 10.3. The molecule has 0 bridgehead atoms. The van der Waals surface area contributed by atoms with Crippen molar-refractivity contribution < 1.29 is 8.42 Å². The van der Waals surface area contributed by atoms with Crippen LogP contribution in [0.4, 0.5) is 0 Å². The number of rotatable bonds is 6. The second-order valence-electron chi connectivity index (χ2n) is 6.13. The van der Waals surface area contributed by atoms with E-state index in [9.17, 15) is 8.42 Å². The lowest BCUT2D eigenvalue weighted by molar-refractivity contribution is 0.575. The smallest absolute Gasteiger partial charge is 0.241 e. The van der Waals surface area contributed by atoms with Crippen LogP contribution in [-0.2, 0) is 10.0 Å². The van der Waals surface area contributed by atoms with Gasteiger partial charge in [-0.05, 0) is 37.5 Å². The SMILES string of the molecule is Cc1cc(-c2cc(S(=O)(=O)NCC(C)c3ccccc3)c(C)s2)n[nH]1. The fourth-order valence-corrected chi connectivity index (χ4v) is 5.29. The van der Waals surface area contributed by atoms with Crippen LogP contribution in [-0.4, -0.2) is 25.2 Å². The summed E-state index contributed by atoms with van der Waals surface area (Å²) < 4.78 is 28.1. The summed E-state index contributed by atoms with van der Waals surface area (Å²) in [6.45, 7) is 6.11. The van der Waals surface area contributed by atoms with E-state index in [0.717, 1.165) is 26.7 Å². The van der Waals surface area contributed by atoms with Gasteiger partial charge in [-0.1, -0.05) is 37.3 Å². The summed E-state index contributed by atoms with van der Waals surface area (Å²) in [5.41, 5.74) is 2.82. The maximum Gasteiger partial charge on any atom is 0.241 e. The Morgan fingerprint density at radius 2 is 1.92 bits per heavy atom. The van der Waals surface area contributed by atoms with Crippen molar-refractivity contribution in [2.24, 2.45) is 0 Å². The molecule has 2 N–H and O–H groups in total. The minimum absolute atomic E-state index is 0.100. The lowest BCUT2D eigenvalue weighted by Crippen LogP contribution is -2.27. The number of hydrogen-bond acceptors (Lipinski definition) is 4. The molecule has 0 saturated carbocycles. The van der Waals surface area contributed by atoms with Gasteiger partial charge >= 0.3 is 0 Å². The molecule has 1 unspecified atom stereocenters. The number of H-pyrrole nitrogens is 1. The Hall–Kier alpha value is -1.96. The summed E-state index contributed by atoms with van der Waals surface area (Å²) in [7, 11) is -3.55. The van der Waals surface area contributed by atoms with Crippen LogP contribution in [0.3, 0.4) is 0 Å². The van der Waals surface area contributed by atoms with Crippen molar-refractivity contribution in [2.75, 3.05) is 6.54 Å². The Bertz CT molecular complexity index is 959. The van der Waals surface area contributed by atoms with Gasteiger partial charge in [0.15, 0.2) is 0 Å². The summed E-state index contributed by atoms with van der Waals surface area (Å²) in [6, 6.07) is 13.5. The van der Waals surface area contributed by atoms with Gasteiger partial charge in [-0.2, -0.15) is 5.10 Å². The van der Waals surface area contributed by atoms with E-state index >= 15 is 0 Å². The molecule has 0 radical (unpaired) electrons. The van der Waals surface area contributed by atoms with E-state index < -0.39 is 10.0 Å². The third-order valence-corrected chi connectivity index (χ3v) is 6.82. The quantitative estimate of drug-likeness (QED) is 0.687. The van der Waals surface area contributed by atoms with Crippen LogP contribution >= 0.6 is 11.3 Å². The highest BCUT2D eigenvalue weighted by molar-refractivity contribution is 7.89. The summed E-state index contributed by atoms with van der Waals surface area (Å²) in [5, 5.41) is 7.09. The average Bonchev–Trinajstić information content (AvgIpc) is 3.19. The molecule has 3 aromatic rings. The molecular weight excluding hydrogens is 354 g/mol. The topological polar surface area (TPSA) is 74.8 Å². The molecule has 3 rings (SSSR count). The predicted molar refractivity (Wildman–Crippen MR) is 101 cm³/mol. The van der Waals surface area contributed by atoms with Gasteiger partial charge in [0.05, 0.1) is 9.77 Å².